The molecule has 0 aliphatic heterocycles. The topological polar surface area (TPSA) is 72.0 Å². The van der Waals surface area contributed by atoms with Crippen LogP contribution >= 0.6 is 11.6 Å². The summed E-state index contributed by atoms with van der Waals surface area (Å²) < 4.78 is 5.16. The van der Waals surface area contributed by atoms with Gasteiger partial charge >= 0.3 is 0 Å². The van der Waals surface area contributed by atoms with E-state index < -0.39 is 0 Å². The van der Waals surface area contributed by atoms with Gasteiger partial charge in [-0.05, 0) is 31.0 Å². The molecular weight excluding hydrogens is 326 g/mol. The van der Waals surface area contributed by atoms with Gasteiger partial charge < -0.3 is 15.4 Å². The molecule has 7 heteroatoms. The molecule has 24 heavy (non-hydrogen) atoms. The van der Waals surface area contributed by atoms with Crippen molar-refractivity contribution < 1.29 is 4.74 Å². The number of halogens is 1. The molecule has 0 spiro atoms. The van der Waals surface area contributed by atoms with Crippen LogP contribution in [0.5, 0.6) is 5.75 Å². The van der Waals surface area contributed by atoms with Crippen molar-refractivity contribution in [1.29, 1.82) is 0 Å². The Kier molecular flexibility index (Phi) is 5.69. The van der Waals surface area contributed by atoms with E-state index in [1.165, 1.54) is 25.7 Å². The van der Waals surface area contributed by atoms with E-state index in [9.17, 15) is 0 Å². The van der Waals surface area contributed by atoms with E-state index in [1.54, 1.807) is 19.4 Å². The summed E-state index contributed by atoms with van der Waals surface area (Å²) in [6.07, 6.45) is 9.07. The zero-order chi connectivity index (χ0) is 16.8. The fourth-order valence-electron chi connectivity index (χ4n) is 2.92. The molecule has 1 aromatic carbocycles. The summed E-state index contributed by atoms with van der Waals surface area (Å²) >= 11 is 6.15. The Hall–Kier alpha value is -2.08. The van der Waals surface area contributed by atoms with Crippen LogP contribution in [0.15, 0.2) is 24.4 Å². The maximum absolute atomic E-state index is 6.15. The van der Waals surface area contributed by atoms with Gasteiger partial charge in [0.05, 0.1) is 18.3 Å². The predicted molar refractivity (Wildman–Crippen MR) is 96.2 cm³/mol. The summed E-state index contributed by atoms with van der Waals surface area (Å²) in [5.41, 5.74) is 0.821. The van der Waals surface area contributed by atoms with Gasteiger partial charge in [0.2, 0.25) is 5.95 Å². The highest BCUT2D eigenvalue weighted by atomic mass is 35.5. The van der Waals surface area contributed by atoms with Gasteiger partial charge in [-0.15, -0.1) is 5.10 Å². The van der Waals surface area contributed by atoms with E-state index >= 15 is 0 Å². The third-order valence-electron chi connectivity index (χ3n) is 4.17. The lowest BCUT2D eigenvalue weighted by Crippen LogP contribution is -2.20. The molecule has 6 nitrogen and oxygen atoms in total. The minimum absolute atomic E-state index is 0.431. The lowest BCUT2D eigenvalue weighted by atomic mass is 10.1. The summed E-state index contributed by atoms with van der Waals surface area (Å²) in [6, 6.07) is 5.91. The van der Waals surface area contributed by atoms with Crippen LogP contribution < -0.4 is 15.4 Å². The number of rotatable bonds is 5. The van der Waals surface area contributed by atoms with Crippen LogP contribution in [0, 0.1) is 0 Å². The number of methoxy groups -OCH3 is 1. The molecule has 128 valence electrons. The predicted octanol–water partition coefficient (Wildman–Crippen LogP) is 4.41. The number of aromatic nitrogens is 3. The molecule has 1 aliphatic rings. The van der Waals surface area contributed by atoms with Gasteiger partial charge in [0.15, 0.2) is 5.82 Å². The zero-order valence-corrected chi connectivity index (χ0v) is 14.5. The second kappa shape index (κ2) is 8.15. The molecule has 1 heterocycles. The summed E-state index contributed by atoms with van der Waals surface area (Å²) in [4.78, 5) is 4.49. The highest BCUT2D eigenvalue weighted by molar-refractivity contribution is 6.32. The van der Waals surface area contributed by atoms with E-state index in [-0.39, 0.29) is 0 Å². The number of nitrogens with zero attached hydrogens (tertiary/aromatic N) is 3. The SMILES string of the molecule is COc1ccc(Nc2cnnc(NC3CCCCCC3)n2)cc1Cl. The average molecular weight is 348 g/mol. The first-order valence-corrected chi connectivity index (χ1v) is 8.69. The van der Waals surface area contributed by atoms with E-state index in [0.717, 1.165) is 18.5 Å². The first kappa shape index (κ1) is 16.8. The van der Waals surface area contributed by atoms with Crippen LogP contribution in [-0.4, -0.2) is 28.3 Å². The molecule has 1 fully saturated rings. The maximum Gasteiger partial charge on any atom is 0.244 e. The normalized spacial score (nSPS) is 15.6. The van der Waals surface area contributed by atoms with Gasteiger partial charge in [-0.25, -0.2) is 0 Å². The Balaban J connectivity index is 1.67. The van der Waals surface area contributed by atoms with Gasteiger partial charge in [0.1, 0.15) is 5.75 Å². The highest BCUT2D eigenvalue weighted by Crippen LogP contribution is 2.28. The van der Waals surface area contributed by atoms with Crippen LogP contribution in [-0.2, 0) is 0 Å². The molecule has 0 saturated heterocycles. The minimum Gasteiger partial charge on any atom is -0.495 e. The number of ether oxygens (including phenoxy) is 1. The highest BCUT2D eigenvalue weighted by Gasteiger charge is 2.13. The maximum atomic E-state index is 6.15. The second-order valence-corrected chi connectivity index (χ2v) is 6.38. The third kappa shape index (κ3) is 4.47. The standard InChI is InChI=1S/C17H22ClN5O/c1-24-15-9-8-13(10-14(15)18)20-16-11-19-23-17(22-16)21-12-6-4-2-3-5-7-12/h8-12H,2-7H2,1H3,(H2,20,21,22,23). The molecule has 3 rings (SSSR count). The first-order chi connectivity index (χ1) is 11.7. The Bertz CT molecular complexity index is 674. The van der Waals surface area contributed by atoms with Crippen molar-refractivity contribution in [2.75, 3.05) is 17.7 Å². The Morgan fingerprint density at radius 3 is 2.67 bits per heavy atom. The average Bonchev–Trinajstić information content (AvgIpc) is 2.84. The number of hydrogen-bond acceptors (Lipinski definition) is 6. The summed E-state index contributed by atoms with van der Waals surface area (Å²) in [7, 11) is 1.59. The molecule has 2 aromatic rings. The summed E-state index contributed by atoms with van der Waals surface area (Å²) in [5.74, 6) is 1.83. The fraction of sp³-hybridized carbons (Fsp3) is 0.471. The van der Waals surface area contributed by atoms with Crippen molar-refractivity contribution in [3.05, 3.63) is 29.4 Å². The molecular formula is C17H22ClN5O. The second-order valence-electron chi connectivity index (χ2n) is 5.97. The first-order valence-electron chi connectivity index (χ1n) is 8.31. The molecule has 1 aromatic heterocycles. The lowest BCUT2D eigenvalue weighted by Gasteiger charge is -2.16. The van der Waals surface area contributed by atoms with Gasteiger partial charge in [-0.1, -0.05) is 37.3 Å². The van der Waals surface area contributed by atoms with E-state index in [4.69, 9.17) is 16.3 Å². The van der Waals surface area contributed by atoms with Crippen LogP contribution in [0.25, 0.3) is 0 Å². The molecule has 1 aliphatic carbocycles. The van der Waals surface area contributed by atoms with Gasteiger partial charge in [-0.2, -0.15) is 10.1 Å². The summed E-state index contributed by atoms with van der Waals surface area (Å²) in [5, 5.41) is 15.3. The van der Waals surface area contributed by atoms with E-state index in [1.807, 2.05) is 12.1 Å². The smallest absolute Gasteiger partial charge is 0.244 e. The Morgan fingerprint density at radius 1 is 1.17 bits per heavy atom. The van der Waals surface area contributed by atoms with Crippen LogP contribution in [0.2, 0.25) is 5.02 Å². The molecule has 0 atom stereocenters. The molecule has 0 amide bonds. The lowest BCUT2D eigenvalue weighted by molar-refractivity contribution is 0.415. The molecule has 0 unspecified atom stereocenters. The Labute approximate surface area is 147 Å². The fourth-order valence-corrected chi connectivity index (χ4v) is 3.18. The van der Waals surface area contributed by atoms with Gasteiger partial charge in [0.25, 0.3) is 0 Å². The molecule has 2 N–H and O–H groups in total. The zero-order valence-electron chi connectivity index (χ0n) is 13.8. The summed E-state index contributed by atoms with van der Waals surface area (Å²) in [6.45, 7) is 0. The van der Waals surface area contributed by atoms with E-state index in [2.05, 4.69) is 25.8 Å². The van der Waals surface area contributed by atoms with Crippen LogP contribution in [0.3, 0.4) is 0 Å². The monoisotopic (exact) mass is 347 g/mol. The van der Waals surface area contributed by atoms with Crippen molar-refractivity contribution in [3.63, 3.8) is 0 Å². The van der Waals surface area contributed by atoms with Crippen LogP contribution in [0.1, 0.15) is 38.5 Å². The number of hydrogen-bond donors (Lipinski definition) is 2. The number of benzene rings is 1. The Morgan fingerprint density at radius 2 is 1.96 bits per heavy atom. The quantitative estimate of drug-likeness (QED) is 0.780. The van der Waals surface area contributed by atoms with Gasteiger partial charge in [0, 0.05) is 11.7 Å². The molecule has 0 bridgehead atoms. The van der Waals surface area contributed by atoms with Crippen molar-refractivity contribution in [2.45, 2.75) is 44.6 Å². The minimum atomic E-state index is 0.431. The number of anilines is 3. The van der Waals surface area contributed by atoms with Crippen molar-refractivity contribution >= 4 is 29.1 Å². The largest absolute Gasteiger partial charge is 0.495 e. The van der Waals surface area contributed by atoms with Crippen molar-refractivity contribution in [3.8, 4) is 5.75 Å². The molecule has 1 saturated carbocycles. The van der Waals surface area contributed by atoms with E-state index in [0.29, 0.717) is 28.6 Å². The third-order valence-corrected chi connectivity index (χ3v) is 4.47. The van der Waals surface area contributed by atoms with Crippen molar-refractivity contribution in [1.82, 2.24) is 15.2 Å². The number of nitrogens with one attached hydrogen (secondary N) is 2. The van der Waals surface area contributed by atoms with Crippen LogP contribution in [0.4, 0.5) is 17.5 Å². The van der Waals surface area contributed by atoms with Crippen molar-refractivity contribution in [2.24, 2.45) is 0 Å². The molecule has 0 radical (unpaired) electrons. The van der Waals surface area contributed by atoms with Gasteiger partial charge in [-0.3, -0.25) is 0 Å².